The molecule has 3 amide bonds. The topological polar surface area (TPSA) is 111 Å². The summed E-state index contributed by atoms with van der Waals surface area (Å²) in [6.45, 7) is 4.32. The van der Waals surface area contributed by atoms with Gasteiger partial charge in [-0.15, -0.1) is 0 Å². The molecule has 1 aromatic rings. The Kier molecular flexibility index (Phi) is 5.44. The summed E-state index contributed by atoms with van der Waals surface area (Å²) in [5.74, 6) is 0.598. The summed E-state index contributed by atoms with van der Waals surface area (Å²) in [5.41, 5.74) is 0.869. The number of carbonyl (C=O) groups excluding carboxylic acids is 2. The molecule has 29 heavy (non-hydrogen) atoms. The van der Waals surface area contributed by atoms with Crippen LogP contribution in [0.1, 0.15) is 43.6 Å². The van der Waals surface area contributed by atoms with Gasteiger partial charge in [0.2, 0.25) is 5.91 Å². The summed E-state index contributed by atoms with van der Waals surface area (Å²) in [7, 11) is 0. The zero-order valence-electron chi connectivity index (χ0n) is 16.7. The lowest BCUT2D eigenvalue weighted by atomic mass is 9.83. The number of hydrogen-bond acceptors (Lipinski definition) is 5. The van der Waals surface area contributed by atoms with E-state index in [-0.39, 0.29) is 17.9 Å². The number of amides is 3. The highest BCUT2D eigenvalue weighted by atomic mass is 16.4. The highest BCUT2D eigenvalue weighted by Crippen LogP contribution is 2.28. The van der Waals surface area contributed by atoms with Crippen LogP contribution in [0, 0.1) is 12.8 Å². The zero-order chi connectivity index (χ0) is 20.5. The number of aromatic nitrogens is 2. The lowest BCUT2D eigenvalue weighted by Gasteiger charge is -2.41. The SMILES string of the molecule is Cc1ncc2n1C(=O)N(N1CCN(C(=O)[C@H](NC(=O)O)C3CCCCC3)CC1)C2. The molecule has 1 saturated carbocycles. The zero-order valence-corrected chi connectivity index (χ0v) is 16.7. The van der Waals surface area contributed by atoms with Crippen LogP contribution in [0.3, 0.4) is 0 Å². The molecular weight excluding hydrogens is 376 g/mol. The van der Waals surface area contributed by atoms with Gasteiger partial charge < -0.3 is 15.3 Å². The van der Waals surface area contributed by atoms with Crippen molar-refractivity contribution in [3.05, 3.63) is 17.7 Å². The molecule has 10 heteroatoms. The summed E-state index contributed by atoms with van der Waals surface area (Å²) in [6, 6.07) is -0.787. The average Bonchev–Trinajstić information content (AvgIpc) is 3.26. The van der Waals surface area contributed by atoms with Gasteiger partial charge in [-0.2, -0.15) is 0 Å². The van der Waals surface area contributed by atoms with Crippen molar-refractivity contribution < 1.29 is 19.5 Å². The van der Waals surface area contributed by atoms with E-state index in [1.165, 1.54) is 0 Å². The second-order valence-electron chi connectivity index (χ2n) is 8.08. The van der Waals surface area contributed by atoms with Crippen LogP contribution < -0.4 is 5.32 Å². The molecule has 10 nitrogen and oxygen atoms in total. The molecule has 1 aromatic heterocycles. The van der Waals surface area contributed by atoms with Crippen molar-refractivity contribution in [2.45, 2.75) is 51.6 Å². The van der Waals surface area contributed by atoms with Crippen molar-refractivity contribution in [1.29, 1.82) is 0 Å². The second-order valence-corrected chi connectivity index (χ2v) is 8.08. The molecule has 158 valence electrons. The van der Waals surface area contributed by atoms with Crippen molar-refractivity contribution in [3.63, 3.8) is 0 Å². The normalized spacial score (nSPS) is 21.9. The Labute approximate surface area is 169 Å². The number of hydrogen-bond donors (Lipinski definition) is 2. The van der Waals surface area contributed by atoms with Gasteiger partial charge in [-0.3, -0.25) is 9.80 Å². The maximum Gasteiger partial charge on any atom is 0.405 e. The van der Waals surface area contributed by atoms with Crippen molar-refractivity contribution in [3.8, 4) is 0 Å². The van der Waals surface area contributed by atoms with Crippen LogP contribution in [0.15, 0.2) is 6.20 Å². The quantitative estimate of drug-likeness (QED) is 0.781. The third kappa shape index (κ3) is 3.81. The molecule has 0 spiro atoms. The number of carboxylic acid groups (broad SMARTS) is 1. The van der Waals surface area contributed by atoms with Crippen LogP contribution >= 0.6 is 0 Å². The molecule has 3 heterocycles. The first-order chi connectivity index (χ1) is 14.0. The minimum absolute atomic E-state index is 0.0620. The highest BCUT2D eigenvalue weighted by Gasteiger charge is 2.38. The average molecular weight is 404 g/mol. The van der Waals surface area contributed by atoms with Crippen LogP contribution in [-0.4, -0.2) is 79.8 Å². The van der Waals surface area contributed by atoms with Gasteiger partial charge in [0.15, 0.2) is 0 Å². The van der Waals surface area contributed by atoms with Crippen LogP contribution in [0.25, 0.3) is 0 Å². The minimum atomic E-state index is -1.15. The molecule has 3 aliphatic rings. The van der Waals surface area contributed by atoms with E-state index in [0.29, 0.717) is 38.5 Å². The first kappa shape index (κ1) is 19.7. The lowest BCUT2D eigenvalue weighted by Crippen LogP contribution is -2.59. The number of imidazole rings is 1. The predicted molar refractivity (Wildman–Crippen MR) is 103 cm³/mol. The van der Waals surface area contributed by atoms with Crippen molar-refractivity contribution in [2.24, 2.45) is 5.92 Å². The Morgan fingerprint density at radius 2 is 1.86 bits per heavy atom. The highest BCUT2D eigenvalue weighted by molar-refractivity contribution is 5.86. The monoisotopic (exact) mass is 404 g/mol. The molecule has 0 bridgehead atoms. The smallest absolute Gasteiger partial charge is 0.405 e. The fourth-order valence-corrected chi connectivity index (χ4v) is 4.76. The van der Waals surface area contributed by atoms with Gasteiger partial charge in [0, 0.05) is 26.2 Å². The van der Waals surface area contributed by atoms with E-state index in [2.05, 4.69) is 10.3 Å². The van der Waals surface area contributed by atoms with Crippen molar-refractivity contribution in [2.75, 3.05) is 26.2 Å². The maximum atomic E-state index is 13.1. The van der Waals surface area contributed by atoms with Crippen LogP contribution in [0.2, 0.25) is 0 Å². The fourth-order valence-electron chi connectivity index (χ4n) is 4.76. The summed E-state index contributed by atoms with van der Waals surface area (Å²) in [5, 5.41) is 15.4. The third-order valence-electron chi connectivity index (χ3n) is 6.31. The number of hydrazine groups is 1. The largest absolute Gasteiger partial charge is 0.465 e. The molecule has 1 aliphatic carbocycles. The number of fused-ring (bicyclic) bond motifs is 1. The van der Waals surface area contributed by atoms with E-state index in [1.807, 2.05) is 11.9 Å². The third-order valence-corrected chi connectivity index (χ3v) is 6.31. The summed E-state index contributed by atoms with van der Waals surface area (Å²) < 4.78 is 1.62. The molecule has 0 radical (unpaired) electrons. The van der Waals surface area contributed by atoms with E-state index in [9.17, 15) is 19.5 Å². The van der Waals surface area contributed by atoms with Crippen LogP contribution in [-0.2, 0) is 11.3 Å². The van der Waals surface area contributed by atoms with Gasteiger partial charge in [-0.05, 0) is 25.7 Å². The maximum absolute atomic E-state index is 13.1. The van der Waals surface area contributed by atoms with Gasteiger partial charge in [0.05, 0.1) is 18.4 Å². The van der Waals surface area contributed by atoms with Crippen molar-refractivity contribution in [1.82, 2.24) is 29.8 Å². The van der Waals surface area contributed by atoms with E-state index in [0.717, 1.165) is 37.8 Å². The van der Waals surface area contributed by atoms with Crippen LogP contribution in [0.4, 0.5) is 9.59 Å². The molecule has 2 N–H and O–H groups in total. The number of nitrogens with one attached hydrogen (secondary N) is 1. The van der Waals surface area contributed by atoms with E-state index in [4.69, 9.17) is 0 Å². The molecule has 2 fully saturated rings. The Morgan fingerprint density at radius 1 is 1.17 bits per heavy atom. The van der Waals surface area contributed by atoms with E-state index < -0.39 is 12.1 Å². The molecule has 1 saturated heterocycles. The molecule has 4 rings (SSSR count). The Hall–Kier alpha value is -2.62. The Bertz CT molecular complexity index is 795. The number of carbonyl (C=O) groups is 3. The van der Waals surface area contributed by atoms with Gasteiger partial charge in [-0.25, -0.2) is 24.1 Å². The second kappa shape index (κ2) is 8.02. The van der Waals surface area contributed by atoms with E-state index in [1.54, 1.807) is 20.7 Å². The van der Waals surface area contributed by atoms with Gasteiger partial charge in [0.25, 0.3) is 0 Å². The lowest BCUT2D eigenvalue weighted by molar-refractivity contribution is -0.139. The number of piperazine rings is 1. The fraction of sp³-hybridized carbons (Fsp3) is 0.684. The number of rotatable bonds is 4. The number of aryl methyl sites for hydroxylation is 1. The summed E-state index contributed by atoms with van der Waals surface area (Å²) >= 11 is 0. The molecule has 1 atom stereocenters. The summed E-state index contributed by atoms with van der Waals surface area (Å²) in [6.07, 6.45) is 5.55. The van der Waals surface area contributed by atoms with Crippen LogP contribution in [0.5, 0.6) is 0 Å². The molecule has 0 unspecified atom stereocenters. The number of nitrogens with zero attached hydrogens (tertiary/aromatic N) is 5. The van der Waals surface area contributed by atoms with Gasteiger partial charge >= 0.3 is 12.1 Å². The first-order valence-electron chi connectivity index (χ1n) is 10.3. The molecule has 2 aliphatic heterocycles. The standard InChI is InChI=1S/C19H28N6O4/c1-13-20-11-15-12-24(19(29)25(13)15)23-9-7-22(8-10-23)17(26)16(21-18(27)28)14-5-3-2-4-6-14/h11,14,16,21H,2-10,12H2,1H3,(H,27,28)/t16-/m1/s1. The van der Waals surface area contributed by atoms with Gasteiger partial charge in [-0.1, -0.05) is 19.3 Å². The molecule has 0 aromatic carbocycles. The minimum Gasteiger partial charge on any atom is -0.465 e. The first-order valence-corrected chi connectivity index (χ1v) is 10.3. The predicted octanol–water partition coefficient (Wildman–Crippen LogP) is 1.25. The van der Waals surface area contributed by atoms with Gasteiger partial charge in [0.1, 0.15) is 11.9 Å². The summed E-state index contributed by atoms with van der Waals surface area (Å²) in [4.78, 5) is 43.0. The van der Waals surface area contributed by atoms with E-state index >= 15 is 0 Å². The van der Waals surface area contributed by atoms with Crippen molar-refractivity contribution >= 4 is 18.0 Å². The molecular formula is C19H28N6O4. The Morgan fingerprint density at radius 3 is 2.48 bits per heavy atom. The Balaban J connectivity index is 1.37.